The van der Waals surface area contributed by atoms with E-state index in [9.17, 15) is 5.11 Å². The Morgan fingerprint density at radius 2 is 1.75 bits per heavy atom. The lowest BCUT2D eigenvalue weighted by Crippen LogP contribution is -1.85. The zero-order valence-corrected chi connectivity index (χ0v) is 8.51. The monoisotopic (exact) mass is 210 g/mol. The predicted octanol–water partition coefficient (Wildman–Crippen LogP) is 2.51. The molecule has 0 aliphatic heterocycles. The van der Waals surface area contributed by atoms with Crippen LogP contribution in [-0.4, -0.2) is 5.11 Å². The van der Waals surface area contributed by atoms with Gasteiger partial charge in [-0.1, -0.05) is 12.1 Å². The van der Waals surface area contributed by atoms with E-state index in [-0.39, 0.29) is 5.75 Å². The lowest BCUT2D eigenvalue weighted by atomic mass is 10.0. The fraction of sp³-hybridized carbons (Fsp3) is 0. The van der Waals surface area contributed by atoms with Gasteiger partial charge in [0.05, 0.1) is 11.6 Å². The van der Waals surface area contributed by atoms with Crippen LogP contribution < -0.4 is 5.73 Å². The molecule has 0 atom stereocenters. The minimum Gasteiger partial charge on any atom is -0.507 e. The van der Waals surface area contributed by atoms with Crippen molar-refractivity contribution >= 4 is 5.69 Å². The van der Waals surface area contributed by atoms with Gasteiger partial charge in [0.2, 0.25) is 0 Å². The van der Waals surface area contributed by atoms with Crippen LogP contribution in [-0.2, 0) is 0 Å². The van der Waals surface area contributed by atoms with Crippen LogP contribution in [0.4, 0.5) is 5.69 Å². The Labute approximate surface area is 93.4 Å². The normalized spacial score (nSPS) is 9.69. The molecule has 0 aromatic heterocycles. The Morgan fingerprint density at radius 3 is 2.31 bits per heavy atom. The second kappa shape index (κ2) is 3.95. The summed E-state index contributed by atoms with van der Waals surface area (Å²) in [5.74, 6) is 0.143. The maximum atomic E-state index is 9.73. The highest BCUT2D eigenvalue weighted by Gasteiger charge is 2.04. The Kier molecular flexibility index (Phi) is 2.49. The van der Waals surface area contributed by atoms with Crippen LogP contribution in [0.2, 0.25) is 0 Å². The number of nitrogen functional groups attached to an aromatic ring is 1. The summed E-state index contributed by atoms with van der Waals surface area (Å²) in [5.41, 5.74) is 8.23. The summed E-state index contributed by atoms with van der Waals surface area (Å²) in [7, 11) is 0. The summed E-state index contributed by atoms with van der Waals surface area (Å²) in [6.45, 7) is 0. The first kappa shape index (κ1) is 10.1. The molecule has 16 heavy (non-hydrogen) atoms. The number of nitrogens with zero attached hydrogens (tertiary/aromatic N) is 1. The molecule has 0 saturated heterocycles. The smallest absolute Gasteiger partial charge is 0.125 e. The molecule has 0 aliphatic carbocycles. The molecule has 2 rings (SSSR count). The van der Waals surface area contributed by atoms with Crippen LogP contribution >= 0.6 is 0 Å². The molecule has 78 valence electrons. The first-order chi connectivity index (χ1) is 7.70. The summed E-state index contributed by atoms with van der Waals surface area (Å²) < 4.78 is 0. The number of hydrogen-bond acceptors (Lipinski definition) is 3. The molecule has 0 fully saturated rings. The number of nitrogens with two attached hydrogens (primary N) is 1. The highest BCUT2D eigenvalue weighted by atomic mass is 16.3. The van der Waals surface area contributed by atoms with Gasteiger partial charge in [0.1, 0.15) is 5.75 Å². The van der Waals surface area contributed by atoms with Crippen molar-refractivity contribution in [3.8, 4) is 22.9 Å². The third-order valence-corrected chi connectivity index (χ3v) is 2.35. The number of aromatic hydroxyl groups is 1. The number of anilines is 1. The minimum absolute atomic E-state index is 0.143. The van der Waals surface area contributed by atoms with Gasteiger partial charge < -0.3 is 10.8 Å². The standard InChI is InChI=1S/C13H10N2O/c14-8-9-1-3-10(4-2-9)12-6-5-11(15)7-13(12)16/h1-7,16H,15H2. The van der Waals surface area contributed by atoms with E-state index in [0.29, 0.717) is 16.8 Å². The molecule has 2 aromatic rings. The minimum atomic E-state index is 0.143. The van der Waals surface area contributed by atoms with Gasteiger partial charge >= 0.3 is 0 Å². The number of nitriles is 1. The van der Waals surface area contributed by atoms with Gasteiger partial charge in [0.15, 0.2) is 0 Å². The quantitative estimate of drug-likeness (QED) is 0.710. The van der Waals surface area contributed by atoms with Gasteiger partial charge in [-0.2, -0.15) is 5.26 Å². The summed E-state index contributed by atoms with van der Waals surface area (Å²) in [6, 6.07) is 14.1. The number of benzene rings is 2. The van der Waals surface area contributed by atoms with Crippen LogP contribution in [0.3, 0.4) is 0 Å². The average Bonchev–Trinajstić information content (AvgIpc) is 2.29. The lowest BCUT2D eigenvalue weighted by Gasteiger charge is -2.05. The summed E-state index contributed by atoms with van der Waals surface area (Å²) in [5, 5.41) is 18.4. The summed E-state index contributed by atoms with van der Waals surface area (Å²) >= 11 is 0. The number of rotatable bonds is 1. The molecule has 0 radical (unpaired) electrons. The van der Waals surface area contributed by atoms with Crippen molar-refractivity contribution in [2.75, 3.05) is 5.73 Å². The van der Waals surface area contributed by atoms with E-state index in [1.54, 1.807) is 36.4 Å². The van der Waals surface area contributed by atoms with E-state index in [0.717, 1.165) is 5.56 Å². The van der Waals surface area contributed by atoms with Crippen LogP contribution in [0.25, 0.3) is 11.1 Å². The zero-order chi connectivity index (χ0) is 11.5. The van der Waals surface area contributed by atoms with Gasteiger partial charge in [-0.05, 0) is 29.8 Å². The van der Waals surface area contributed by atoms with E-state index < -0.39 is 0 Å². The zero-order valence-electron chi connectivity index (χ0n) is 8.51. The van der Waals surface area contributed by atoms with Crippen LogP contribution in [0, 0.1) is 11.3 Å². The molecule has 3 heteroatoms. The molecular formula is C13H10N2O. The number of phenols is 1. The van der Waals surface area contributed by atoms with Crippen molar-refractivity contribution in [3.05, 3.63) is 48.0 Å². The maximum Gasteiger partial charge on any atom is 0.125 e. The Morgan fingerprint density at radius 1 is 1.06 bits per heavy atom. The maximum absolute atomic E-state index is 9.73. The van der Waals surface area contributed by atoms with Crippen molar-refractivity contribution in [3.63, 3.8) is 0 Å². The molecule has 0 saturated carbocycles. The largest absolute Gasteiger partial charge is 0.507 e. The number of phenolic OH excluding ortho intramolecular Hbond substituents is 1. The first-order valence-electron chi connectivity index (χ1n) is 4.80. The second-order valence-corrected chi connectivity index (χ2v) is 3.47. The van der Waals surface area contributed by atoms with E-state index in [1.165, 1.54) is 6.07 Å². The average molecular weight is 210 g/mol. The van der Waals surface area contributed by atoms with E-state index in [1.807, 2.05) is 6.07 Å². The molecule has 2 aromatic carbocycles. The third-order valence-electron chi connectivity index (χ3n) is 2.35. The molecule has 0 aliphatic rings. The molecule has 0 spiro atoms. The highest BCUT2D eigenvalue weighted by Crippen LogP contribution is 2.30. The van der Waals surface area contributed by atoms with Crippen LogP contribution in [0.5, 0.6) is 5.75 Å². The van der Waals surface area contributed by atoms with E-state index in [2.05, 4.69) is 0 Å². The summed E-state index contributed by atoms with van der Waals surface area (Å²) in [4.78, 5) is 0. The summed E-state index contributed by atoms with van der Waals surface area (Å²) in [6.07, 6.45) is 0. The molecule has 3 nitrogen and oxygen atoms in total. The van der Waals surface area contributed by atoms with Crippen molar-refractivity contribution in [1.29, 1.82) is 5.26 Å². The molecular weight excluding hydrogens is 200 g/mol. The molecule has 0 bridgehead atoms. The lowest BCUT2D eigenvalue weighted by molar-refractivity contribution is 0.477. The fourth-order valence-corrected chi connectivity index (χ4v) is 1.52. The van der Waals surface area contributed by atoms with Crippen molar-refractivity contribution in [2.24, 2.45) is 0 Å². The fourth-order valence-electron chi connectivity index (χ4n) is 1.52. The molecule has 0 heterocycles. The van der Waals surface area contributed by atoms with Gasteiger partial charge in [-0.3, -0.25) is 0 Å². The highest BCUT2D eigenvalue weighted by molar-refractivity contribution is 5.72. The Balaban J connectivity index is 2.47. The molecule has 3 N–H and O–H groups in total. The van der Waals surface area contributed by atoms with Crippen LogP contribution in [0.1, 0.15) is 5.56 Å². The van der Waals surface area contributed by atoms with Crippen molar-refractivity contribution in [2.45, 2.75) is 0 Å². The predicted molar refractivity (Wildman–Crippen MR) is 62.7 cm³/mol. The van der Waals surface area contributed by atoms with Gasteiger partial charge in [-0.25, -0.2) is 0 Å². The van der Waals surface area contributed by atoms with E-state index in [4.69, 9.17) is 11.0 Å². The topological polar surface area (TPSA) is 70.0 Å². The van der Waals surface area contributed by atoms with Gasteiger partial charge in [0.25, 0.3) is 0 Å². The van der Waals surface area contributed by atoms with Crippen molar-refractivity contribution < 1.29 is 5.11 Å². The molecule has 0 unspecified atom stereocenters. The second-order valence-electron chi connectivity index (χ2n) is 3.47. The van der Waals surface area contributed by atoms with Gasteiger partial charge in [-0.15, -0.1) is 0 Å². The van der Waals surface area contributed by atoms with Crippen molar-refractivity contribution in [1.82, 2.24) is 0 Å². The van der Waals surface area contributed by atoms with E-state index >= 15 is 0 Å². The Hall–Kier alpha value is -2.47. The molecule has 0 amide bonds. The Bertz CT molecular complexity index is 553. The third kappa shape index (κ3) is 1.82. The van der Waals surface area contributed by atoms with Gasteiger partial charge in [0, 0.05) is 17.3 Å². The number of hydrogen-bond donors (Lipinski definition) is 2. The van der Waals surface area contributed by atoms with Crippen LogP contribution in [0.15, 0.2) is 42.5 Å². The first-order valence-corrected chi connectivity index (χ1v) is 4.80. The SMILES string of the molecule is N#Cc1ccc(-c2ccc(N)cc2O)cc1.